The van der Waals surface area contributed by atoms with Gasteiger partial charge in [-0.3, -0.25) is 0 Å². The highest BCUT2D eigenvalue weighted by molar-refractivity contribution is 5.26. The molecule has 0 amide bonds. The normalized spacial score (nSPS) is 54.9. The van der Waals surface area contributed by atoms with Gasteiger partial charge in [0.1, 0.15) is 0 Å². The first-order valence-electron chi connectivity index (χ1n) is 6.60. The van der Waals surface area contributed by atoms with Crippen LogP contribution in [-0.2, 0) is 9.47 Å². The molecule has 0 unspecified atom stereocenters. The highest BCUT2D eigenvalue weighted by atomic mass is 16.7. The van der Waals surface area contributed by atoms with Crippen molar-refractivity contribution in [1.29, 1.82) is 0 Å². The zero-order valence-corrected chi connectivity index (χ0v) is 10.1. The van der Waals surface area contributed by atoms with Crippen molar-refractivity contribution in [2.24, 2.45) is 35.5 Å². The zero-order valence-electron chi connectivity index (χ0n) is 10.1. The van der Waals surface area contributed by atoms with Crippen LogP contribution in [0.25, 0.3) is 0 Å². The molecular weight excluding hydrogens is 200 g/mol. The molecule has 3 fully saturated rings. The summed E-state index contributed by atoms with van der Waals surface area (Å²) in [6.07, 6.45) is 9.13. The van der Waals surface area contributed by atoms with E-state index < -0.39 is 0 Å². The molecule has 0 radical (unpaired) electrons. The maximum absolute atomic E-state index is 5.81. The van der Waals surface area contributed by atoms with Gasteiger partial charge in [0.05, 0.1) is 0 Å². The van der Waals surface area contributed by atoms with Crippen molar-refractivity contribution in [2.75, 3.05) is 14.2 Å². The molecule has 0 aromatic heterocycles. The third-order valence-electron chi connectivity index (χ3n) is 5.97. The van der Waals surface area contributed by atoms with E-state index in [-0.39, 0.29) is 5.79 Å². The third-order valence-corrected chi connectivity index (χ3v) is 5.97. The zero-order chi connectivity index (χ0) is 10.9. The summed E-state index contributed by atoms with van der Waals surface area (Å²) in [4.78, 5) is 0. The van der Waals surface area contributed by atoms with Gasteiger partial charge in [0.15, 0.2) is 5.79 Å². The van der Waals surface area contributed by atoms with E-state index in [1.807, 2.05) is 14.2 Å². The fraction of sp³-hybridized carbons (Fsp3) is 0.857. The summed E-state index contributed by atoms with van der Waals surface area (Å²) in [5, 5.41) is 0. The Morgan fingerprint density at radius 3 is 1.88 bits per heavy atom. The van der Waals surface area contributed by atoms with E-state index >= 15 is 0 Å². The second kappa shape index (κ2) is 2.91. The number of fused-ring (bicyclic) bond motifs is 9. The van der Waals surface area contributed by atoms with Crippen LogP contribution < -0.4 is 0 Å². The SMILES string of the molecule is COC1(OC)[C@@H]2C=C[C@H]1[C@H]1[C@@H]3CC[C@@H](C3)[C@H]12. The predicted molar refractivity (Wildman–Crippen MR) is 60.7 cm³/mol. The largest absolute Gasteiger partial charge is 0.352 e. The van der Waals surface area contributed by atoms with Crippen LogP contribution in [0.1, 0.15) is 19.3 Å². The number of methoxy groups -OCH3 is 2. The first-order chi connectivity index (χ1) is 7.81. The Morgan fingerprint density at radius 1 is 0.938 bits per heavy atom. The maximum Gasteiger partial charge on any atom is 0.180 e. The fourth-order valence-electron chi connectivity index (χ4n) is 5.60. The van der Waals surface area contributed by atoms with Gasteiger partial charge in [-0.25, -0.2) is 0 Å². The van der Waals surface area contributed by atoms with Crippen molar-refractivity contribution in [3.05, 3.63) is 12.2 Å². The van der Waals surface area contributed by atoms with Crippen LogP contribution in [0.5, 0.6) is 0 Å². The van der Waals surface area contributed by atoms with Gasteiger partial charge >= 0.3 is 0 Å². The second-order valence-corrected chi connectivity index (χ2v) is 6.05. The molecule has 6 atom stereocenters. The molecule has 16 heavy (non-hydrogen) atoms. The molecule has 2 nitrogen and oxygen atoms in total. The van der Waals surface area contributed by atoms with Gasteiger partial charge in [-0.2, -0.15) is 0 Å². The molecule has 0 N–H and O–H groups in total. The Hall–Kier alpha value is -0.340. The molecule has 4 aliphatic carbocycles. The van der Waals surface area contributed by atoms with Gasteiger partial charge in [-0.15, -0.1) is 0 Å². The van der Waals surface area contributed by atoms with Gasteiger partial charge in [0, 0.05) is 26.1 Å². The Kier molecular flexibility index (Phi) is 1.76. The van der Waals surface area contributed by atoms with Gasteiger partial charge in [0.2, 0.25) is 0 Å². The molecule has 0 saturated heterocycles. The van der Waals surface area contributed by atoms with Crippen LogP contribution >= 0.6 is 0 Å². The lowest BCUT2D eigenvalue weighted by molar-refractivity contribution is -0.236. The molecule has 0 aromatic carbocycles. The van der Waals surface area contributed by atoms with Crippen molar-refractivity contribution in [3.63, 3.8) is 0 Å². The number of hydrogen-bond acceptors (Lipinski definition) is 2. The Morgan fingerprint density at radius 2 is 1.44 bits per heavy atom. The van der Waals surface area contributed by atoms with Crippen LogP contribution in [0.15, 0.2) is 12.2 Å². The molecule has 0 heterocycles. The average Bonchev–Trinajstić information content (AvgIpc) is 3.06. The highest BCUT2D eigenvalue weighted by Crippen LogP contribution is 2.69. The van der Waals surface area contributed by atoms with E-state index in [0.29, 0.717) is 11.8 Å². The smallest absolute Gasteiger partial charge is 0.180 e. The molecule has 88 valence electrons. The van der Waals surface area contributed by atoms with E-state index in [4.69, 9.17) is 9.47 Å². The lowest BCUT2D eigenvalue weighted by atomic mass is 9.73. The summed E-state index contributed by atoms with van der Waals surface area (Å²) >= 11 is 0. The fourth-order valence-corrected chi connectivity index (χ4v) is 5.60. The van der Waals surface area contributed by atoms with Gasteiger partial charge in [0.25, 0.3) is 0 Å². The minimum absolute atomic E-state index is 0.309. The first kappa shape index (κ1) is 9.67. The lowest BCUT2D eigenvalue weighted by Gasteiger charge is -2.33. The van der Waals surface area contributed by atoms with Gasteiger partial charge < -0.3 is 9.47 Å². The van der Waals surface area contributed by atoms with Crippen LogP contribution in [-0.4, -0.2) is 20.0 Å². The molecule has 3 saturated carbocycles. The monoisotopic (exact) mass is 220 g/mol. The molecule has 2 heteroatoms. The maximum atomic E-state index is 5.81. The molecule has 4 rings (SSSR count). The van der Waals surface area contributed by atoms with E-state index in [2.05, 4.69) is 12.2 Å². The van der Waals surface area contributed by atoms with E-state index in [1.165, 1.54) is 19.3 Å². The van der Waals surface area contributed by atoms with E-state index in [1.54, 1.807) is 0 Å². The summed E-state index contributed by atoms with van der Waals surface area (Å²) in [7, 11) is 3.64. The van der Waals surface area contributed by atoms with Crippen molar-refractivity contribution in [3.8, 4) is 0 Å². The minimum Gasteiger partial charge on any atom is -0.352 e. The van der Waals surface area contributed by atoms with E-state index in [0.717, 1.165) is 23.7 Å². The van der Waals surface area contributed by atoms with Crippen molar-refractivity contribution in [2.45, 2.75) is 25.0 Å². The van der Waals surface area contributed by atoms with Crippen LogP contribution in [0.2, 0.25) is 0 Å². The number of rotatable bonds is 2. The summed E-state index contributed by atoms with van der Waals surface area (Å²) in [6, 6.07) is 0. The van der Waals surface area contributed by atoms with Gasteiger partial charge in [-0.05, 0) is 42.9 Å². The summed E-state index contributed by atoms with van der Waals surface area (Å²) < 4.78 is 11.6. The summed E-state index contributed by atoms with van der Waals surface area (Å²) in [6.45, 7) is 0. The highest BCUT2D eigenvalue weighted by Gasteiger charge is 2.69. The Labute approximate surface area is 97.0 Å². The second-order valence-electron chi connectivity index (χ2n) is 6.05. The summed E-state index contributed by atoms with van der Waals surface area (Å²) in [5.41, 5.74) is 0. The summed E-state index contributed by atoms with van der Waals surface area (Å²) in [5.74, 6) is 4.36. The molecule has 4 bridgehead atoms. The van der Waals surface area contributed by atoms with Crippen LogP contribution in [0, 0.1) is 35.5 Å². The van der Waals surface area contributed by atoms with E-state index in [9.17, 15) is 0 Å². The first-order valence-corrected chi connectivity index (χ1v) is 6.60. The third kappa shape index (κ3) is 0.820. The number of ether oxygens (including phenoxy) is 2. The molecule has 4 aliphatic rings. The van der Waals surface area contributed by atoms with Crippen molar-refractivity contribution < 1.29 is 9.47 Å². The van der Waals surface area contributed by atoms with Crippen molar-refractivity contribution >= 4 is 0 Å². The Bertz CT molecular complexity index is 317. The Balaban J connectivity index is 1.79. The van der Waals surface area contributed by atoms with Crippen LogP contribution in [0.4, 0.5) is 0 Å². The standard InChI is InChI=1S/C14H20O2/c1-15-14(16-2)10-5-6-11(14)13-9-4-3-8(7-9)12(10)13/h5-6,8-13H,3-4,7H2,1-2H3/t8-,9+,10+,11-,12-,13+. The quantitative estimate of drug-likeness (QED) is 0.404. The molecule has 0 aliphatic heterocycles. The average molecular weight is 220 g/mol. The minimum atomic E-state index is -0.309. The molecule has 0 spiro atoms. The van der Waals surface area contributed by atoms with Crippen LogP contribution in [0.3, 0.4) is 0 Å². The van der Waals surface area contributed by atoms with Gasteiger partial charge in [-0.1, -0.05) is 12.2 Å². The predicted octanol–water partition coefficient (Wildman–Crippen LogP) is 2.45. The molecule has 0 aromatic rings. The number of hydrogen-bond donors (Lipinski definition) is 0. The lowest BCUT2D eigenvalue weighted by Crippen LogP contribution is -2.41. The topological polar surface area (TPSA) is 18.5 Å². The van der Waals surface area contributed by atoms with Crippen molar-refractivity contribution in [1.82, 2.24) is 0 Å². The molecular formula is C14H20O2.